The van der Waals surface area contributed by atoms with Crippen LogP contribution in [0.3, 0.4) is 0 Å². The van der Waals surface area contributed by atoms with Gasteiger partial charge in [0, 0.05) is 18.8 Å². The minimum absolute atomic E-state index is 0.0185. The Balaban J connectivity index is 1.81. The molecule has 1 unspecified atom stereocenters. The number of nitrogens with zero attached hydrogens (tertiary/aromatic N) is 1. The van der Waals surface area contributed by atoms with Gasteiger partial charge in [0.1, 0.15) is 0 Å². The molecule has 1 aliphatic heterocycles. The molecule has 1 aliphatic rings. The van der Waals surface area contributed by atoms with E-state index in [4.69, 9.17) is 11.2 Å². The topological polar surface area (TPSA) is 12.5 Å². The zero-order valence-electron chi connectivity index (χ0n) is 12.0. The molecule has 1 saturated heterocycles. The first-order chi connectivity index (χ1) is 10.4. The van der Waals surface area contributed by atoms with Crippen molar-refractivity contribution in [3.8, 4) is 12.3 Å². The molecule has 1 fully saturated rings. The molecule has 0 N–H and O–H groups in total. The molecule has 21 heavy (non-hydrogen) atoms. The van der Waals surface area contributed by atoms with E-state index in [1.807, 2.05) is 18.2 Å². The van der Waals surface area contributed by atoms with Gasteiger partial charge in [-0.05, 0) is 23.3 Å². The SMILES string of the molecule is C#CC(c1ccccc1)c1ccc(N2CCOCC2)cc1. The van der Waals surface area contributed by atoms with E-state index in [1.165, 1.54) is 16.8 Å². The summed E-state index contributed by atoms with van der Waals surface area (Å²) in [5.41, 5.74) is 3.57. The van der Waals surface area contributed by atoms with Gasteiger partial charge in [0.15, 0.2) is 0 Å². The van der Waals surface area contributed by atoms with Crippen LogP contribution in [0.4, 0.5) is 5.69 Å². The van der Waals surface area contributed by atoms with Crippen LogP contribution in [-0.4, -0.2) is 26.3 Å². The van der Waals surface area contributed by atoms with E-state index in [2.05, 4.69) is 47.2 Å². The van der Waals surface area contributed by atoms with Crippen molar-refractivity contribution in [1.29, 1.82) is 0 Å². The lowest BCUT2D eigenvalue weighted by Crippen LogP contribution is -2.36. The lowest BCUT2D eigenvalue weighted by atomic mass is 9.92. The van der Waals surface area contributed by atoms with Gasteiger partial charge in [-0.1, -0.05) is 48.4 Å². The molecule has 106 valence electrons. The highest BCUT2D eigenvalue weighted by atomic mass is 16.5. The number of morpholine rings is 1. The Morgan fingerprint density at radius 1 is 0.905 bits per heavy atom. The third-order valence-corrected chi connectivity index (χ3v) is 3.90. The van der Waals surface area contributed by atoms with Crippen LogP contribution in [0.5, 0.6) is 0 Å². The van der Waals surface area contributed by atoms with Crippen molar-refractivity contribution in [3.05, 3.63) is 65.7 Å². The number of rotatable bonds is 3. The second-order valence-electron chi connectivity index (χ2n) is 5.20. The largest absolute Gasteiger partial charge is 0.378 e. The van der Waals surface area contributed by atoms with Gasteiger partial charge in [-0.2, -0.15) is 0 Å². The van der Waals surface area contributed by atoms with Gasteiger partial charge in [0.2, 0.25) is 0 Å². The molecule has 3 rings (SSSR count). The zero-order chi connectivity index (χ0) is 14.5. The second-order valence-corrected chi connectivity index (χ2v) is 5.20. The summed E-state index contributed by atoms with van der Waals surface area (Å²) in [4.78, 5) is 2.35. The summed E-state index contributed by atoms with van der Waals surface area (Å²) in [5.74, 6) is 2.92. The van der Waals surface area contributed by atoms with E-state index < -0.39 is 0 Å². The second kappa shape index (κ2) is 6.47. The van der Waals surface area contributed by atoms with E-state index in [9.17, 15) is 0 Å². The van der Waals surface area contributed by atoms with Gasteiger partial charge in [0.25, 0.3) is 0 Å². The smallest absolute Gasteiger partial charge is 0.0699 e. The quantitative estimate of drug-likeness (QED) is 0.798. The number of hydrogen-bond donors (Lipinski definition) is 0. The molecule has 2 heteroatoms. The Morgan fingerprint density at radius 3 is 2.14 bits per heavy atom. The number of hydrogen-bond acceptors (Lipinski definition) is 2. The molecule has 1 atom stereocenters. The van der Waals surface area contributed by atoms with Crippen LogP contribution in [-0.2, 0) is 4.74 Å². The van der Waals surface area contributed by atoms with E-state index in [0.29, 0.717) is 0 Å². The van der Waals surface area contributed by atoms with Crippen molar-refractivity contribution in [1.82, 2.24) is 0 Å². The van der Waals surface area contributed by atoms with Crippen LogP contribution in [0.2, 0.25) is 0 Å². The van der Waals surface area contributed by atoms with E-state index in [0.717, 1.165) is 26.3 Å². The van der Waals surface area contributed by atoms with Gasteiger partial charge in [-0.25, -0.2) is 0 Å². The van der Waals surface area contributed by atoms with Crippen LogP contribution in [0.25, 0.3) is 0 Å². The Bertz CT molecular complexity index is 606. The minimum atomic E-state index is 0.0185. The van der Waals surface area contributed by atoms with E-state index >= 15 is 0 Å². The fourth-order valence-electron chi connectivity index (χ4n) is 2.73. The Hall–Kier alpha value is -2.24. The third kappa shape index (κ3) is 3.09. The molecular weight excluding hydrogens is 258 g/mol. The Labute approximate surface area is 126 Å². The van der Waals surface area contributed by atoms with Gasteiger partial charge in [0.05, 0.1) is 19.1 Å². The van der Waals surface area contributed by atoms with Gasteiger partial charge in [-0.3, -0.25) is 0 Å². The maximum absolute atomic E-state index is 5.74. The molecule has 0 radical (unpaired) electrons. The molecule has 1 heterocycles. The maximum atomic E-state index is 5.74. The summed E-state index contributed by atoms with van der Waals surface area (Å²) < 4.78 is 5.39. The molecule has 0 amide bonds. The molecule has 0 bridgehead atoms. The first kappa shape index (κ1) is 13.7. The van der Waals surface area contributed by atoms with Crippen LogP contribution < -0.4 is 4.90 Å². The summed E-state index contributed by atoms with van der Waals surface area (Å²) in [6.45, 7) is 3.52. The zero-order valence-corrected chi connectivity index (χ0v) is 12.0. The molecule has 0 spiro atoms. The van der Waals surface area contributed by atoms with Crippen molar-refractivity contribution in [2.45, 2.75) is 5.92 Å². The molecule has 0 saturated carbocycles. The first-order valence-corrected chi connectivity index (χ1v) is 7.32. The normalized spacial score (nSPS) is 16.2. The number of anilines is 1. The fraction of sp³-hybridized carbons (Fsp3) is 0.263. The van der Waals surface area contributed by atoms with Crippen molar-refractivity contribution in [3.63, 3.8) is 0 Å². The highest BCUT2D eigenvalue weighted by molar-refractivity contribution is 5.50. The molecule has 0 aliphatic carbocycles. The highest BCUT2D eigenvalue weighted by Gasteiger charge is 2.13. The van der Waals surface area contributed by atoms with E-state index in [-0.39, 0.29) is 5.92 Å². The van der Waals surface area contributed by atoms with Gasteiger partial charge in [-0.15, -0.1) is 6.42 Å². The van der Waals surface area contributed by atoms with Crippen LogP contribution in [0.15, 0.2) is 54.6 Å². The molecule has 2 nitrogen and oxygen atoms in total. The molecule has 0 aromatic heterocycles. The average Bonchev–Trinajstić information content (AvgIpc) is 2.58. The number of ether oxygens (including phenoxy) is 1. The summed E-state index contributed by atoms with van der Waals surface area (Å²) >= 11 is 0. The monoisotopic (exact) mass is 277 g/mol. The van der Waals surface area contributed by atoms with Gasteiger partial charge < -0.3 is 9.64 Å². The van der Waals surface area contributed by atoms with Crippen LogP contribution in [0, 0.1) is 12.3 Å². The predicted octanol–water partition coefficient (Wildman–Crippen LogP) is 3.29. The van der Waals surface area contributed by atoms with Gasteiger partial charge >= 0.3 is 0 Å². The summed E-state index contributed by atoms with van der Waals surface area (Å²) in [5, 5.41) is 0. The fourth-order valence-corrected chi connectivity index (χ4v) is 2.73. The summed E-state index contributed by atoms with van der Waals surface area (Å²) in [6.07, 6.45) is 5.74. The number of benzene rings is 2. The standard InChI is InChI=1S/C19H19NO/c1-2-19(16-6-4-3-5-7-16)17-8-10-18(11-9-17)20-12-14-21-15-13-20/h1,3-11,19H,12-15H2. The van der Waals surface area contributed by atoms with Crippen molar-refractivity contribution < 1.29 is 4.74 Å². The summed E-state index contributed by atoms with van der Waals surface area (Å²) in [6, 6.07) is 18.8. The van der Waals surface area contributed by atoms with Crippen molar-refractivity contribution in [2.75, 3.05) is 31.2 Å². The predicted molar refractivity (Wildman–Crippen MR) is 86.6 cm³/mol. The summed E-state index contributed by atoms with van der Waals surface area (Å²) in [7, 11) is 0. The lowest BCUT2D eigenvalue weighted by Gasteiger charge is -2.29. The van der Waals surface area contributed by atoms with Crippen LogP contribution in [0.1, 0.15) is 17.0 Å². The minimum Gasteiger partial charge on any atom is -0.378 e. The Morgan fingerprint density at radius 2 is 1.52 bits per heavy atom. The third-order valence-electron chi connectivity index (χ3n) is 3.90. The van der Waals surface area contributed by atoms with E-state index in [1.54, 1.807) is 0 Å². The lowest BCUT2D eigenvalue weighted by molar-refractivity contribution is 0.122. The van der Waals surface area contributed by atoms with Crippen molar-refractivity contribution in [2.24, 2.45) is 0 Å². The molecule has 2 aromatic rings. The first-order valence-electron chi connectivity index (χ1n) is 7.32. The van der Waals surface area contributed by atoms with Crippen LogP contribution >= 0.6 is 0 Å². The maximum Gasteiger partial charge on any atom is 0.0699 e. The average molecular weight is 277 g/mol. The highest BCUT2D eigenvalue weighted by Crippen LogP contribution is 2.26. The van der Waals surface area contributed by atoms with Crippen molar-refractivity contribution >= 4 is 5.69 Å². The Kier molecular flexibility index (Phi) is 4.23. The molecule has 2 aromatic carbocycles. The molecular formula is C19H19NO. The number of terminal acetylenes is 1.